The van der Waals surface area contributed by atoms with Crippen LogP contribution in [0.1, 0.15) is 18.1 Å². The molecule has 0 fully saturated rings. The van der Waals surface area contributed by atoms with Gasteiger partial charge in [0.15, 0.2) is 0 Å². The van der Waals surface area contributed by atoms with Gasteiger partial charge in [-0.15, -0.1) is 0 Å². The fourth-order valence-electron chi connectivity index (χ4n) is 1.31. The van der Waals surface area contributed by atoms with Crippen molar-refractivity contribution < 1.29 is 54.3 Å². The molecule has 1 aromatic carbocycles. The van der Waals surface area contributed by atoms with Crippen molar-refractivity contribution in [3.05, 3.63) is 35.4 Å². The van der Waals surface area contributed by atoms with E-state index in [9.17, 15) is 5.11 Å². The molecule has 0 aromatic heterocycles. The van der Waals surface area contributed by atoms with Gasteiger partial charge in [-0.2, -0.15) is 0 Å². The van der Waals surface area contributed by atoms with Crippen molar-refractivity contribution >= 4 is 0 Å². The van der Waals surface area contributed by atoms with Crippen LogP contribution in [-0.4, -0.2) is 22.9 Å². The zero-order chi connectivity index (χ0) is 9.68. The average Bonchev–Trinajstić information content (AvgIpc) is 2.18. The van der Waals surface area contributed by atoms with E-state index in [0.29, 0.717) is 6.42 Å². The van der Waals surface area contributed by atoms with Crippen LogP contribution in [0.3, 0.4) is 0 Å². The summed E-state index contributed by atoms with van der Waals surface area (Å²) in [5, 5.41) is 17.9. The summed E-state index contributed by atoms with van der Waals surface area (Å²) in [6, 6.07) is 8.09. The van der Waals surface area contributed by atoms with Gasteiger partial charge in [0.2, 0.25) is 0 Å². The largest absolute Gasteiger partial charge is 0.394 e. The van der Waals surface area contributed by atoms with Crippen molar-refractivity contribution in [1.82, 2.24) is 0 Å². The number of hydrogen-bond acceptors (Lipinski definition) is 2. The molecule has 0 spiro atoms. The summed E-state index contributed by atoms with van der Waals surface area (Å²) < 4.78 is 0. The Hall–Kier alpha value is 0.582. The molecule has 0 amide bonds. The molecule has 0 aliphatic carbocycles. The maximum atomic E-state index is 9.22. The average molecular weight is 407 g/mol. The summed E-state index contributed by atoms with van der Waals surface area (Å²) in [6.07, 6.45) is 0.903. The standard InChI is InChI=1S/C11H16O2.Ac/c1-2-9-4-3-5-10(6-9)7-11(13)8-12;/h3-6,11-13H,2,7-8H2,1H3;/t11-;/m0./s1. The van der Waals surface area contributed by atoms with Crippen LogP contribution in [0.15, 0.2) is 24.3 Å². The number of aliphatic hydroxyl groups is 2. The van der Waals surface area contributed by atoms with E-state index in [1.54, 1.807) is 0 Å². The van der Waals surface area contributed by atoms with E-state index >= 15 is 0 Å². The summed E-state index contributed by atoms with van der Waals surface area (Å²) in [6.45, 7) is 1.93. The molecule has 1 rings (SSSR count). The van der Waals surface area contributed by atoms with Gasteiger partial charge in [-0.1, -0.05) is 31.2 Å². The molecule has 1 radical (unpaired) electrons. The second kappa shape index (κ2) is 7.82. The maximum absolute atomic E-state index is 9.22. The number of rotatable bonds is 4. The molecule has 3 heteroatoms. The van der Waals surface area contributed by atoms with Crippen LogP contribution in [0.2, 0.25) is 0 Å². The third-order valence-corrected chi connectivity index (χ3v) is 2.08. The van der Waals surface area contributed by atoms with Crippen molar-refractivity contribution in [1.29, 1.82) is 0 Å². The number of benzene rings is 1. The van der Waals surface area contributed by atoms with Crippen molar-refractivity contribution in [3.8, 4) is 0 Å². The molecule has 0 aliphatic heterocycles. The number of hydrogen-bond donors (Lipinski definition) is 2. The van der Waals surface area contributed by atoms with Crippen LogP contribution >= 0.6 is 0 Å². The van der Waals surface area contributed by atoms with Crippen molar-refractivity contribution in [3.63, 3.8) is 0 Å². The smallest absolute Gasteiger partial charge is 0.0811 e. The van der Waals surface area contributed by atoms with Crippen LogP contribution in [-0.2, 0) is 12.8 Å². The van der Waals surface area contributed by atoms with Crippen molar-refractivity contribution in [2.24, 2.45) is 0 Å². The zero-order valence-electron chi connectivity index (χ0n) is 8.48. The van der Waals surface area contributed by atoms with E-state index in [1.165, 1.54) is 5.56 Å². The maximum Gasteiger partial charge on any atom is 0.0811 e. The summed E-state index contributed by atoms with van der Waals surface area (Å²) in [5.41, 5.74) is 2.35. The second-order valence-electron chi connectivity index (χ2n) is 3.21. The molecular formula is C11H16AcO2. The minimum atomic E-state index is -0.632. The molecule has 14 heavy (non-hydrogen) atoms. The number of aliphatic hydroxyl groups excluding tert-OH is 2. The Labute approximate surface area is 121 Å². The molecule has 0 saturated heterocycles. The van der Waals surface area contributed by atoms with Gasteiger partial charge < -0.3 is 10.2 Å². The van der Waals surface area contributed by atoms with Gasteiger partial charge in [0.25, 0.3) is 0 Å². The monoisotopic (exact) mass is 407 g/mol. The fourth-order valence-corrected chi connectivity index (χ4v) is 1.31. The molecule has 0 unspecified atom stereocenters. The minimum Gasteiger partial charge on any atom is -0.394 e. The van der Waals surface area contributed by atoms with Crippen LogP contribution in [0, 0.1) is 44.1 Å². The van der Waals surface area contributed by atoms with E-state index < -0.39 is 6.10 Å². The van der Waals surface area contributed by atoms with E-state index in [-0.39, 0.29) is 50.7 Å². The Kier molecular flexibility index (Phi) is 8.14. The number of aryl methyl sites for hydroxylation is 1. The Bertz CT molecular complexity index is 263. The second-order valence-corrected chi connectivity index (χ2v) is 3.21. The Morgan fingerprint density at radius 1 is 1.29 bits per heavy atom. The summed E-state index contributed by atoms with van der Waals surface area (Å²) >= 11 is 0. The third kappa shape index (κ3) is 4.89. The zero-order valence-corrected chi connectivity index (χ0v) is 13.2. The summed E-state index contributed by atoms with van der Waals surface area (Å²) in [7, 11) is 0. The molecule has 0 aliphatic rings. The van der Waals surface area contributed by atoms with Gasteiger partial charge in [-0.25, -0.2) is 0 Å². The van der Waals surface area contributed by atoms with E-state index in [2.05, 4.69) is 19.1 Å². The molecule has 1 aromatic rings. The minimum absolute atomic E-state index is 0. The van der Waals surface area contributed by atoms with Gasteiger partial charge in [0.05, 0.1) is 12.7 Å². The first-order chi connectivity index (χ1) is 6.26. The topological polar surface area (TPSA) is 40.5 Å². The third-order valence-electron chi connectivity index (χ3n) is 2.08. The normalized spacial score (nSPS) is 11.9. The van der Waals surface area contributed by atoms with Crippen molar-refractivity contribution in [2.75, 3.05) is 6.61 Å². The Morgan fingerprint density at radius 2 is 1.93 bits per heavy atom. The predicted octanol–water partition coefficient (Wildman–Crippen LogP) is 1.14. The van der Waals surface area contributed by atoms with Gasteiger partial charge in [-0.05, 0) is 17.5 Å². The Balaban J connectivity index is 0.00000169. The molecule has 0 heterocycles. The quantitative estimate of drug-likeness (QED) is 0.787. The van der Waals surface area contributed by atoms with Gasteiger partial charge in [0, 0.05) is 50.5 Å². The van der Waals surface area contributed by atoms with E-state index in [0.717, 1.165) is 12.0 Å². The van der Waals surface area contributed by atoms with Gasteiger partial charge >= 0.3 is 0 Å². The summed E-state index contributed by atoms with van der Waals surface area (Å²) in [5.74, 6) is 0. The van der Waals surface area contributed by atoms with Crippen LogP contribution in [0.4, 0.5) is 0 Å². The summed E-state index contributed by atoms with van der Waals surface area (Å²) in [4.78, 5) is 0. The van der Waals surface area contributed by atoms with Crippen molar-refractivity contribution in [2.45, 2.75) is 25.9 Å². The molecule has 75 valence electrons. The molecule has 0 saturated carbocycles. The first-order valence-electron chi connectivity index (χ1n) is 4.63. The Morgan fingerprint density at radius 3 is 2.50 bits per heavy atom. The molecule has 2 N–H and O–H groups in total. The van der Waals surface area contributed by atoms with Gasteiger partial charge in [-0.3, -0.25) is 0 Å². The van der Waals surface area contributed by atoms with Crippen LogP contribution < -0.4 is 0 Å². The van der Waals surface area contributed by atoms with E-state index in [1.807, 2.05) is 12.1 Å². The molecular weight excluding hydrogens is 391 g/mol. The SMILES string of the molecule is CCc1cccc(C[C@H](O)CO)c1.[Ac]. The van der Waals surface area contributed by atoms with Crippen LogP contribution in [0.25, 0.3) is 0 Å². The predicted molar refractivity (Wildman–Crippen MR) is 52.6 cm³/mol. The molecule has 0 bridgehead atoms. The fraction of sp³-hybridized carbons (Fsp3) is 0.455. The first kappa shape index (κ1) is 14.6. The van der Waals surface area contributed by atoms with Gasteiger partial charge in [0.1, 0.15) is 0 Å². The molecule has 1 atom stereocenters. The molecule has 2 nitrogen and oxygen atoms in total. The van der Waals surface area contributed by atoms with Crippen LogP contribution in [0.5, 0.6) is 0 Å². The van der Waals surface area contributed by atoms with E-state index in [4.69, 9.17) is 5.11 Å². The first-order valence-corrected chi connectivity index (χ1v) is 4.63.